The number of carbonyl (C=O) groups is 3. The maximum absolute atomic E-state index is 14.4. The molecular formula is C97H107N19O13. The van der Waals surface area contributed by atoms with Gasteiger partial charge in [-0.3, -0.25) is 24.3 Å². The van der Waals surface area contributed by atoms with Crippen molar-refractivity contribution in [2.45, 2.75) is 87.0 Å². The molecule has 668 valence electrons. The fraction of sp³-hybridized carbons (Fsp3) is 0.320. The molecule has 6 amide bonds. The second-order valence-electron chi connectivity index (χ2n) is 31.9. The van der Waals surface area contributed by atoms with E-state index in [0.29, 0.717) is 119 Å². The molecular weight excluding hydrogens is 1640 g/mol. The minimum absolute atomic E-state index is 0.233. The summed E-state index contributed by atoms with van der Waals surface area (Å²) in [5.41, 5.74) is 17.4. The van der Waals surface area contributed by atoms with Crippen LogP contribution in [0.4, 0.5) is 107 Å². The summed E-state index contributed by atoms with van der Waals surface area (Å²) in [6.07, 6.45) is 10.9. The van der Waals surface area contributed by atoms with E-state index < -0.39 is 0 Å². The number of nitrogens with zero attached hydrogens (tertiary/aromatic N) is 16. The van der Waals surface area contributed by atoms with Crippen LogP contribution in [0.1, 0.15) is 74.5 Å². The van der Waals surface area contributed by atoms with Crippen LogP contribution in [-0.2, 0) is 33.8 Å². The molecule has 0 atom stereocenters. The first-order valence-corrected chi connectivity index (χ1v) is 43.0. The third kappa shape index (κ3) is 19.2. The molecule has 32 heteroatoms. The van der Waals surface area contributed by atoms with Crippen LogP contribution in [0.3, 0.4) is 0 Å². The number of nitrogens with one attached hydrogen (secondary N) is 3. The highest BCUT2D eigenvalue weighted by Gasteiger charge is 2.41. The van der Waals surface area contributed by atoms with Crippen molar-refractivity contribution in [2.24, 2.45) is 0 Å². The van der Waals surface area contributed by atoms with Crippen LogP contribution >= 0.6 is 0 Å². The summed E-state index contributed by atoms with van der Waals surface area (Å²) in [5, 5.41) is 14.5. The van der Waals surface area contributed by atoms with Gasteiger partial charge in [-0.15, -0.1) is 0 Å². The summed E-state index contributed by atoms with van der Waals surface area (Å²) in [6.45, 7) is 24.6. The Hall–Kier alpha value is -14.3. The van der Waals surface area contributed by atoms with E-state index in [1.807, 2.05) is 149 Å². The highest BCUT2D eigenvalue weighted by atomic mass is 16.5. The van der Waals surface area contributed by atoms with Crippen LogP contribution < -0.4 is 83.4 Å². The molecule has 0 radical (unpaired) electrons. The van der Waals surface area contributed by atoms with Gasteiger partial charge < -0.3 is 68.2 Å². The molecule has 0 unspecified atom stereocenters. The summed E-state index contributed by atoms with van der Waals surface area (Å²) < 4.78 is 57.8. The standard InChI is InChI=1S/C34H38N6O5.C33H36N6O4.C30H33N7O4/c1-23-7-5-8-24(2)31(23)39-22-25-21-35-33(36-26-9-6-10-28(19-26)45-18-15-38-13-16-44-17-14-38)37-32(25)40(34(39)41)29-12-11-27(42-3)20-30(29)43-4;1-21-7-6-8-22(2)30(21)38-20-24-19-34-32(35-25-9-11-27(23(3)17-25)37-13-15-43-16-14-37)36-31(24)39(33(38)40)28-12-10-26(41-4)18-29(28)42-5;1-19-6-5-7-20(2)27(19)35-17-21-15-31-29(33-22-16-32-36(18-22)23-10-12-41-13-11-23)34-28(21)37(30(35)38)25-9-8-24(39-3)14-26(25)40-4/h5-12,19-21H,13-18,22H2,1-4H3,(H,35,36,37);6-12,17-19H,13-16,20H2,1-5H3,(H,34,35,36);5-9,14-16,18,23H,10-13,17H2,1-4H3,(H,31,33,34). The highest BCUT2D eigenvalue weighted by Crippen LogP contribution is 2.48. The van der Waals surface area contributed by atoms with E-state index in [9.17, 15) is 14.4 Å². The molecule has 3 N–H and O–H groups in total. The Labute approximate surface area is 750 Å². The summed E-state index contributed by atoms with van der Waals surface area (Å²) in [5.74, 6) is 6.61. The van der Waals surface area contributed by atoms with Gasteiger partial charge in [0.2, 0.25) is 17.8 Å². The Kier molecular flexibility index (Phi) is 27.1. The number of ether oxygens (including phenoxy) is 10. The summed E-state index contributed by atoms with van der Waals surface area (Å²) in [4.78, 5) is 86.4. The lowest BCUT2D eigenvalue weighted by molar-refractivity contribution is 0.0322. The van der Waals surface area contributed by atoms with Crippen LogP contribution in [0.5, 0.6) is 40.2 Å². The second-order valence-corrected chi connectivity index (χ2v) is 31.9. The monoisotopic (exact) mass is 1750 g/mol. The minimum atomic E-state index is -0.247. The summed E-state index contributed by atoms with van der Waals surface area (Å²) >= 11 is 0. The maximum atomic E-state index is 14.4. The van der Waals surface area contributed by atoms with E-state index in [4.69, 9.17) is 62.3 Å². The Morgan fingerprint density at radius 3 is 1.16 bits per heavy atom. The lowest BCUT2D eigenvalue weighted by Crippen LogP contribution is -2.46. The minimum Gasteiger partial charge on any atom is -0.497 e. The van der Waals surface area contributed by atoms with Gasteiger partial charge in [0.15, 0.2) is 17.5 Å². The third-order valence-electron chi connectivity index (χ3n) is 23.5. The van der Waals surface area contributed by atoms with Crippen molar-refractivity contribution >= 4 is 110 Å². The molecule has 3 fully saturated rings. The van der Waals surface area contributed by atoms with Gasteiger partial charge in [0.05, 0.1) is 141 Å². The lowest BCUT2D eigenvalue weighted by atomic mass is 10.1. The van der Waals surface area contributed by atoms with E-state index in [1.54, 1.807) is 139 Å². The average molecular weight is 1750 g/mol. The van der Waals surface area contributed by atoms with Crippen molar-refractivity contribution < 1.29 is 61.8 Å². The summed E-state index contributed by atoms with van der Waals surface area (Å²) in [6, 6.07) is 47.6. The molecule has 10 heterocycles. The first kappa shape index (κ1) is 88.1. The van der Waals surface area contributed by atoms with Gasteiger partial charge in [0, 0.05) is 129 Å². The molecule has 0 bridgehead atoms. The molecule has 0 saturated carbocycles. The number of aromatic nitrogens is 8. The second kappa shape index (κ2) is 39.7. The van der Waals surface area contributed by atoms with Crippen molar-refractivity contribution in [1.82, 2.24) is 44.6 Å². The number of carbonyl (C=O) groups excluding carboxylic acids is 3. The smallest absolute Gasteiger partial charge is 0.335 e. The first-order valence-electron chi connectivity index (χ1n) is 43.0. The van der Waals surface area contributed by atoms with Gasteiger partial charge in [-0.25, -0.2) is 44.0 Å². The topological polar surface area (TPSA) is 301 Å². The number of amides is 6. The van der Waals surface area contributed by atoms with Crippen LogP contribution in [0.15, 0.2) is 183 Å². The lowest BCUT2D eigenvalue weighted by Gasteiger charge is -2.37. The van der Waals surface area contributed by atoms with Crippen molar-refractivity contribution in [2.75, 3.05) is 172 Å². The normalized spacial score (nSPS) is 15.2. The van der Waals surface area contributed by atoms with Gasteiger partial charge >= 0.3 is 18.1 Å². The molecule has 129 heavy (non-hydrogen) atoms. The van der Waals surface area contributed by atoms with Crippen LogP contribution in [0.2, 0.25) is 0 Å². The molecule has 32 nitrogen and oxygen atoms in total. The van der Waals surface area contributed by atoms with Gasteiger partial charge in [-0.05, 0) is 167 Å². The zero-order chi connectivity index (χ0) is 89.9. The van der Waals surface area contributed by atoms with E-state index in [0.717, 1.165) is 181 Å². The molecule has 4 aromatic heterocycles. The fourth-order valence-corrected chi connectivity index (χ4v) is 17.0. The number of rotatable bonds is 24. The van der Waals surface area contributed by atoms with Crippen molar-refractivity contribution in [3.8, 4) is 40.2 Å². The largest absolute Gasteiger partial charge is 0.497 e. The SMILES string of the molecule is COc1ccc(N2C(=O)N(c3c(C)cccc3C)Cc3cnc(Nc4ccc(N5CCOCC5)c(C)c4)nc32)c(OC)c1.COc1ccc(N2C(=O)N(c3c(C)cccc3C)Cc3cnc(Nc4cccc(OCCN5CCOCC5)c4)nc32)c(OC)c1.COc1ccc(N2C(=O)N(c3c(C)cccc3C)Cc3cnc(Nc4cnn(C5CCOCC5)c4)nc32)c(OC)c1. The van der Waals surface area contributed by atoms with Gasteiger partial charge in [-0.2, -0.15) is 20.1 Å². The van der Waals surface area contributed by atoms with E-state index in [2.05, 4.69) is 64.9 Å². The predicted octanol–water partition coefficient (Wildman–Crippen LogP) is 17.8. The van der Waals surface area contributed by atoms with E-state index in [1.165, 1.54) is 5.69 Å². The molecule has 6 aliphatic heterocycles. The van der Waals surface area contributed by atoms with Crippen molar-refractivity contribution in [3.63, 3.8) is 0 Å². The van der Waals surface area contributed by atoms with Crippen LogP contribution in [0.25, 0.3) is 0 Å². The number of methoxy groups -OCH3 is 6. The van der Waals surface area contributed by atoms with E-state index >= 15 is 0 Å². The Morgan fingerprint density at radius 1 is 0.380 bits per heavy atom. The Morgan fingerprint density at radius 2 is 0.760 bits per heavy atom. The quantitative estimate of drug-likeness (QED) is 0.0506. The Bertz CT molecular complexity index is 6020. The van der Waals surface area contributed by atoms with Crippen LogP contribution in [-0.4, -0.2) is 184 Å². The average Bonchev–Trinajstić information content (AvgIpc) is 1.34. The van der Waals surface area contributed by atoms with Crippen molar-refractivity contribution in [1.29, 1.82) is 0 Å². The molecule has 3 saturated heterocycles. The van der Waals surface area contributed by atoms with Gasteiger partial charge in [0.25, 0.3) is 0 Å². The highest BCUT2D eigenvalue weighted by molar-refractivity contribution is 6.14. The molecule has 12 aromatic rings. The number of hydrogen-bond donors (Lipinski definition) is 3. The molecule has 0 spiro atoms. The predicted molar refractivity (Wildman–Crippen MR) is 498 cm³/mol. The molecule has 18 rings (SSSR count). The number of hydrogen-bond acceptors (Lipinski definition) is 25. The number of urea groups is 3. The summed E-state index contributed by atoms with van der Waals surface area (Å²) in [7, 11) is 9.49. The zero-order valence-electron chi connectivity index (χ0n) is 74.9. The number of anilines is 16. The molecule has 6 aliphatic rings. The maximum Gasteiger partial charge on any atom is 0.335 e. The Balaban J connectivity index is 0.000000142. The number of para-hydroxylation sites is 3. The number of benzene rings is 8. The van der Waals surface area contributed by atoms with Gasteiger partial charge in [0.1, 0.15) is 46.9 Å². The van der Waals surface area contributed by atoms with Gasteiger partial charge in [-0.1, -0.05) is 60.7 Å². The van der Waals surface area contributed by atoms with Crippen LogP contribution in [0, 0.1) is 48.5 Å². The molecule has 0 aliphatic carbocycles. The number of morpholine rings is 2. The fourth-order valence-electron chi connectivity index (χ4n) is 17.0. The van der Waals surface area contributed by atoms with E-state index in [-0.39, 0.29) is 18.1 Å². The molecule has 8 aromatic carbocycles. The zero-order valence-corrected chi connectivity index (χ0v) is 74.9. The van der Waals surface area contributed by atoms with Crippen molar-refractivity contribution in [3.05, 3.63) is 238 Å². The number of fused-ring (bicyclic) bond motifs is 3. The third-order valence-corrected chi connectivity index (χ3v) is 23.5. The number of aryl methyl sites for hydroxylation is 7. The first-order chi connectivity index (χ1) is 62.8.